The molecule has 126 valence electrons. The van der Waals surface area contributed by atoms with Crippen LogP contribution in [0.1, 0.15) is 40.2 Å². The highest BCUT2D eigenvalue weighted by molar-refractivity contribution is 7.07. The number of urea groups is 1. The third kappa shape index (κ3) is 3.94. The van der Waals surface area contributed by atoms with Crippen molar-refractivity contribution in [1.82, 2.24) is 10.2 Å². The predicted molar refractivity (Wildman–Crippen MR) is 93.5 cm³/mol. The van der Waals surface area contributed by atoms with E-state index in [2.05, 4.69) is 22.1 Å². The average Bonchev–Trinajstić information content (AvgIpc) is 3.15. The number of thiophene rings is 1. The molecule has 2 aromatic rings. The SMILES string of the molecule is O=C(O)c1ccc(CNC(=O)N2CCC(c3ccsc3)CC2)cc1. The van der Waals surface area contributed by atoms with Crippen LogP contribution in [0, 0.1) is 0 Å². The predicted octanol–water partition coefficient (Wildman–Crippen LogP) is 3.54. The fourth-order valence-electron chi connectivity index (χ4n) is 2.98. The van der Waals surface area contributed by atoms with Gasteiger partial charge in [-0.2, -0.15) is 11.3 Å². The molecule has 2 heterocycles. The molecule has 6 heteroatoms. The highest BCUT2D eigenvalue weighted by Gasteiger charge is 2.23. The van der Waals surface area contributed by atoms with Gasteiger partial charge in [-0.25, -0.2) is 9.59 Å². The Morgan fingerprint density at radius 3 is 2.46 bits per heavy atom. The summed E-state index contributed by atoms with van der Waals surface area (Å²) in [5.74, 6) is -0.386. The van der Waals surface area contributed by atoms with Crippen molar-refractivity contribution in [2.24, 2.45) is 0 Å². The van der Waals surface area contributed by atoms with E-state index in [0.29, 0.717) is 12.5 Å². The number of hydrogen-bond acceptors (Lipinski definition) is 3. The Kier molecular flexibility index (Phi) is 5.15. The summed E-state index contributed by atoms with van der Waals surface area (Å²) in [5, 5.41) is 16.1. The topological polar surface area (TPSA) is 69.6 Å². The number of hydrogen-bond donors (Lipinski definition) is 2. The molecule has 1 aliphatic heterocycles. The molecule has 0 aliphatic carbocycles. The van der Waals surface area contributed by atoms with Gasteiger partial charge in [0, 0.05) is 19.6 Å². The lowest BCUT2D eigenvalue weighted by Gasteiger charge is -2.31. The van der Waals surface area contributed by atoms with Crippen LogP contribution in [0.5, 0.6) is 0 Å². The molecule has 5 nitrogen and oxygen atoms in total. The van der Waals surface area contributed by atoms with E-state index in [-0.39, 0.29) is 11.6 Å². The van der Waals surface area contributed by atoms with Crippen molar-refractivity contribution in [2.45, 2.75) is 25.3 Å². The van der Waals surface area contributed by atoms with Crippen LogP contribution < -0.4 is 5.32 Å². The Morgan fingerprint density at radius 2 is 1.88 bits per heavy atom. The van der Waals surface area contributed by atoms with Crippen LogP contribution in [0.15, 0.2) is 41.1 Å². The number of amides is 2. The van der Waals surface area contributed by atoms with E-state index in [1.54, 1.807) is 35.6 Å². The van der Waals surface area contributed by atoms with Crippen LogP contribution in [0.4, 0.5) is 4.79 Å². The fraction of sp³-hybridized carbons (Fsp3) is 0.333. The van der Waals surface area contributed by atoms with E-state index < -0.39 is 5.97 Å². The van der Waals surface area contributed by atoms with Gasteiger partial charge in [-0.15, -0.1) is 0 Å². The van der Waals surface area contributed by atoms with E-state index in [1.165, 1.54) is 5.56 Å². The number of aromatic carboxylic acids is 1. The summed E-state index contributed by atoms with van der Waals surface area (Å²) >= 11 is 1.72. The van der Waals surface area contributed by atoms with Gasteiger partial charge in [0.05, 0.1) is 5.56 Å². The maximum absolute atomic E-state index is 12.3. The maximum atomic E-state index is 12.3. The molecular weight excluding hydrogens is 324 g/mol. The molecule has 0 radical (unpaired) electrons. The Bertz CT molecular complexity index is 690. The summed E-state index contributed by atoms with van der Waals surface area (Å²) < 4.78 is 0. The first-order chi connectivity index (χ1) is 11.6. The van der Waals surface area contributed by atoms with E-state index in [9.17, 15) is 9.59 Å². The largest absolute Gasteiger partial charge is 0.478 e. The number of nitrogens with zero attached hydrogens (tertiary/aromatic N) is 1. The molecule has 2 amide bonds. The van der Waals surface area contributed by atoms with Gasteiger partial charge in [0.25, 0.3) is 0 Å². The van der Waals surface area contributed by atoms with Crippen LogP contribution in [-0.2, 0) is 6.54 Å². The molecule has 1 saturated heterocycles. The van der Waals surface area contributed by atoms with Crippen LogP contribution in [0.3, 0.4) is 0 Å². The molecule has 0 saturated carbocycles. The third-order valence-electron chi connectivity index (χ3n) is 4.44. The van der Waals surface area contributed by atoms with Crippen molar-refractivity contribution in [3.05, 3.63) is 57.8 Å². The number of nitrogens with one attached hydrogen (secondary N) is 1. The van der Waals surface area contributed by atoms with Crippen molar-refractivity contribution in [1.29, 1.82) is 0 Å². The molecule has 2 N–H and O–H groups in total. The van der Waals surface area contributed by atoms with E-state index in [0.717, 1.165) is 31.5 Å². The molecule has 3 rings (SSSR count). The quantitative estimate of drug-likeness (QED) is 0.891. The minimum atomic E-state index is -0.945. The highest BCUT2D eigenvalue weighted by Crippen LogP contribution is 2.29. The number of benzene rings is 1. The van der Waals surface area contributed by atoms with E-state index in [4.69, 9.17) is 5.11 Å². The second-order valence-electron chi connectivity index (χ2n) is 5.98. The molecule has 0 bridgehead atoms. The summed E-state index contributed by atoms with van der Waals surface area (Å²) in [5.41, 5.74) is 2.53. The van der Waals surface area contributed by atoms with Gasteiger partial charge < -0.3 is 15.3 Å². The van der Waals surface area contributed by atoms with Crippen molar-refractivity contribution < 1.29 is 14.7 Å². The molecule has 0 unspecified atom stereocenters. The first-order valence-electron chi connectivity index (χ1n) is 8.00. The smallest absolute Gasteiger partial charge is 0.335 e. The van der Waals surface area contributed by atoms with Gasteiger partial charge in [0.1, 0.15) is 0 Å². The summed E-state index contributed by atoms with van der Waals surface area (Å²) in [6.45, 7) is 1.94. The number of carbonyl (C=O) groups is 2. The van der Waals surface area contributed by atoms with Crippen molar-refractivity contribution in [3.8, 4) is 0 Å². The van der Waals surface area contributed by atoms with Crippen LogP contribution in [-0.4, -0.2) is 35.1 Å². The molecule has 1 aliphatic rings. The first-order valence-corrected chi connectivity index (χ1v) is 8.95. The van der Waals surface area contributed by atoms with Crippen LogP contribution >= 0.6 is 11.3 Å². The lowest BCUT2D eigenvalue weighted by atomic mass is 9.91. The van der Waals surface area contributed by atoms with Gasteiger partial charge in [-0.1, -0.05) is 12.1 Å². The zero-order chi connectivity index (χ0) is 16.9. The van der Waals surface area contributed by atoms with Gasteiger partial charge in [-0.3, -0.25) is 0 Å². The van der Waals surface area contributed by atoms with E-state index in [1.807, 2.05) is 4.90 Å². The van der Waals surface area contributed by atoms with Gasteiger partial charge in [0.2, 0.25) is 0 Å². The number of likely N-dealkylation sites (tertiary alicyclic amines) is 1. The number of carboxylic acids is 1. The average molecular weight is 344 g/mol. The van der Waals surface area contributed by atoms with Gasteiger partial charge in [0.15, 0.2) is 0 Å². The minimum absolute atomic E-state index is 0.0546. The molecule has 1 aromatic heterocycles. The normalized spacial score (nSPS) is 15.2. The lowest BCUT2D eigenvalue weighted by molar-refractivity contribution is 0.0697. The van der Waals surface area contributed by atoms with E-state index >= 15 is 0 Å². The van der Waals surface area contributed by atoms with Crippen LogP contribution in [0.25, 0.3) is 0 Å². The summed E-state index contributed by atoms with van der Waals surface area (Å²) in [7, 11) is 0. The Hall–Kier alpha value is -2.34. The molecule has 0 spiro atoms. The number of carbonyl (C=O) groups excluding carboxylic acids is 1. The molecule has 1 aromatic carbocycles. The third-order valence-corrected chi connectivity index (χ3v) is 5.14. The highest BCUT2D eigenvalue weighted by atomic mass is 32.1. The van der Waals surface area contributed by atoms with Gasteiger partial charge in [-0.05, 0) is 58.8 Å². The zero-order valence-corrected chi connectivity index (χ0v) is 14.1. The second-order valence-corrected chi connectivity index (χ2v) is 6.76. The minimum Gasteiger partial charge on any atom is -0.478 e. The first kappa shape index (κ1) is 16.5. The number of piperidine rings is 1. The zero-order valence-electron chi connectivity index (χ0n) is 13.3. The molecule has 0 atom stereocenters. The Balaban J connectivity index is 1.46. The number of rotatable bonds is 4. The van der Waals surface area contributed by atoms with Gasteiger partial charge >= 0.3 is 12.0 Å². The fourth-order valence-corrected chi connectivity index (χ4v) is 3.72. The maximum Gasteiger partial charge on any atom is 0.335 e. The molecule has 1 fully saturated rings. The number of carboxylic acid groups (broad SMARTS) is 1. The molecular formula is C18H20N2O3S. The van der Waals surface area contributed by atoms with Crippen molar-refractivity contribution >= 4 is 23.3 Å². The monoisotopic (exact) mass is 344 g/mol. The van der Waals surface area contributed by atoms with Crippen molar-refractivity contribution in [3.63, 3.8) is 0 Å². The summed E-state index contributed by atoms with van der Waals surface area (Å²) in [6.07, 6.45) is 1.99. The second kappa shape index (κ2) is 7.49. The van der Waals surface area contributed by atoms with Crippen molar-refractivity contribution in [2.75, 3.05) is 13.1 Å². The van der Waals surface area contributed by atoms with Crippen LogP contribution in [0.2, 0.25) is 0 Å². The Labute approximate surface area is 144 Å². The molecule has 24 heavy (non-hydrogen) atoms. The standard InChI is InChI=1S/C18H20N2O3S/c21-17(22)15-3-1-13(2-4-15)11-19-18(23)20-8-5-14(6-9-20)16-7-10-24-12-16/h1-4,7,10,12,14H,5-6,8-9,11H2,(H,19,23)(H,21,22). The summed E-state index contributed by atoms with van der Waals surface area (Å²) in [4.78, 5) is 24.9. The summed E-state index contributed by atoms with van der Waals surface area (Å²) in [6, 6.07) is 8.68. The lowest BCUT2D eigenvalue weighted by Crippen LogP contribution is -2.43. The Morgan fingerprint density at radius 1 is 1.17 bits per heavy atom.